The first kappa shape index (κ1) is 23.3. The summed E-state index contributed by atoms with van der Waals surface area (Å²) >= 11 is 0. The van der Waals surface area contributed by atoms with Gasteiger partial charge in [0.2, 0.25) is 5.89 Å². The minimum absolute atomic E-state index is 0.198. The zero-order valence-corrected chi connectivity index (χ0v) is 18.9. The molecule has 5 rings (SSSR count). The van der Waals surface area contributed by atoms with Crippen LogP contribution in [0.3, 0.4) is 0 Å². The summed E-state index contributed by atoms with van der Waals surface area (Å²) < 4.78 is 44.7. The van der Waals surface area contributed by atoms with Gasteiger partial charge < -0.3 is 19.4 Å². The fourth-order valence-corrected chi connectivity index (χ4v) is 4.72. The van der Waals surface area contributed by atoms with Crippen molar-refractivity contribution in [3.63, 3.8) is 0 Å². The molecule has 10 heteroatoms. The zero-order valence-electron chi connectivity index (χ0n) is 18.9. The highest BCUT2D eigenvalue weighted by Crippen LogP contribution is 2.37. The molecule has 0 spiro atoms. The number of aromatic nitrogens is 2. The third-order valence-corrected chi connectivity index (χ3v) is 6.60. The van der Waals surface area contributed by atoms with Crippen molar-refractivity contribution in [1.82, 2.24) is 19.9 Å². The zero-order chi connectivity index (χ0) is 24.6. The van der Waals surface area contributed by atoms with Crippen LogP contribution in [0.15, 0.2) is 59.1 Å². The molecule has 2 aliphatic heterocycles. The van der Waals surface area contributed by atoms with Gasteiger partial charge in [-0.1, -0.05) is 47.6 Å². The van der Waals surface area contributed by atoms with Gasteiger partial charge in [0.1, 0.15) is 0 Å². The van der Waals surface area contributed by atoms with Crippen molar-refractivity contribution in [2.24, 2.45) is 0 Å². The lowest BCUT2D eigenvalue weighted by Gasteiger charge is -2.43. The molecule has 1 N–H and O–H groups in total. The number of hydrogen-bond acceptors (Lipinski definition) is 5. The summed E-state index contributed by atoms with van der Waals surface area (Å²) in [6.07, 6.45) is -3.87. The topological polar surface area (TPSA) is 82.7 Å². The van der Waals surface area contributed by atoms with Gasteiger partial charge in [0.25, 0.3) is 0 Å². The summed E-state index contributed by atoms with van der Waals surface area (Å²) in [7, 11) is 0. The van der Waals surface area contributed by atoms with E-state index in [1.807, 2.05) is 30.3 Å². The largest absolute Gasteiger partial charge is 0.416 e. The van der Waals surface area contributed by atoms with Crippen molar-refractivity contribution in [2.45, 2.75) is 37.0 Å². The lowest BCUT2D eigenvalue weighted by atomic mass is 9.84. The van der Waals surface area contributed by atoms with E-state index < -0.39 is 17.8 Å². The first-order valence-corrected chi connectivity index (χ1v) is 11.5. The second-order valence-electron chi connectivity index (χ2n) is 9.21. The molecule has 0 aliphatic carbocycles. The molecule has 2 aliphatic rings. The van der Waals surface area contributed by atoms with Crippen molar-refractivity contribution >= 4 is 6.03 Å². The summed E-state index contributed by atoms with van der Waals surface area (Å²) in [5, 5.41) is 13.7. The number of carbonyl (C=O) groups excluding carboxylic acids is 1. The molecule has 2 atom stereocenters. The molecule has 0 radical (unpaired) electrons. The molecule has 0 saturated carbocycles. The van der Waals surface area contributed by atoms with Gasteiger partial charge in [0.15, 0.2) is 5.82 Å². The number of rotatable bonds is 4. The third-order valence-electron chi connectivity index (χ3n) is 6.60. The number of aliphatic hydroxyl groups is 1. The summed E-state index contributed by atoms with van der Waals surface area (Å²) in [5.41, 5.74) is 1.05. The van der Waals surface area contributed by atoms with Crippen LogP contribution in [0.5, 0.6) is 0 Å². The molecule has 2 amide bonds. The predicted octanol–water partition coefficient (Wildman–Crippen LogP) is 4.05. The predicted molar refractivity (Wildman–Crippen MR) is 120 cm³/mol. The molecule has 0 bridgehead atoms. The van der Waals surface area contributed by atoms with E-state index in [9.17, 15) is 23.1 Å². The van der Waals surface area contributed by atoms with Crippen LogP contribution in [0.4, 0.5) is 18.0 Å². The van der Waals surface area contributed by atoms with Crippen LogP contribution in [-0.2, 0) is 12.6 Å². The number of alkyl halides is 3. The van der Waals surface area contributed by atoms with Crippen LogP contribution in [0.2, 0.25) is 0 Å². The van der Waals surface area contributed by atoms with Crippen molar-refractivity contribution < 1.29 is 27.6 Å². The van der Waals surface area contributed by atoms with Crippen molar-refractivity contribution in [3.05, 3.63) is 83.0 Å². The second kappa shape index (κ2) is 9.33. The van der Waals surface area contributed by atoms with E-state index >= 15 is 0 Å². The van der Waals surface area contributed by atoms with Gasteiger partial charge in [-0.05, 0) is 29.7 Å². The van der Waals surface area contributed by atoms with E-state index in [1.54, 1.807) is 9.80 Å². The number of nitrogens with zero attached hydrogens (tertiary/aromatic N) is 4. The molecule has 7 nitrogen and oxygen atoms in total. The monoisotopic (exact) mass is 486 g/mol. The Morgan fingerprint density at radius 1 is 0.971 bits per heavy atom. The van der Waals surface area contributed by atoms with Crippen LogP contribution < -0.4 is 0 Å². The normalized spacial score (nSPS) is 21.1. The van der Waals surface area contributed by atoms with Crippen molar-refractivity contribution in [2.75, 3.05) is 26.2 Å². The highest BCUT2D eigenvalue weighted by Gasteiger charge is 2.39. The van der Waals surface area contributed by atoms with Gasteiger partial charge in [-0.2, -0.15) is 18.2 Å². The summed E-state index contributed by atoms with van der Waals surface area (Å²) in [5.74, 6) is 0.486. The number of hydrogen-bond donors (Lipinski definition) is 1. The van der Waals surface area contributed by atoms with E-state index in [-0.39, 0.29) is 31.0 Å². The molecule has 2 aromatic carbocycles. The first-order valence-electron chi connectivity index (χ1n) is 11.5. The minimum Gasteiger partial charge on any atom is -0.389 e. The molecule has 2 fully saturated rings. The maximum absolute atomic E-state index is 13.0. The second-order valence-corrected chi connectivity index (χ2v) is 9.21. The Bertz CT molecular complexity index is 1160. The van der Waals surface area contributed by atoms with E-state index in [1.165, 1.54) is 12.1 Å². The number of halogens is 3. The Hall–Kier alpha value is -3.40. The average Bonchev–Trinajstić information content (AvgIpc) is 3.30. The highest BCUT2D eigenvalue weighted by atomic mass is 19.4. The maximum atomic E-state index is 13.0. The van der Waals surface area contributed by atoms with Gasteiger partial charge in [-0.15, -0.1) is 0 Å². The van der Waals surface area contributed by atoms with Crippen LogP contribution in [-0.4, -0.2) is 63.4 Å². The molecule has 2 saturated heterocycles. The van der Waals surface area contributed by atoms with Gasteiger partial charge in [0.05, 0.1) is 30.7 Å². The molecule has 3 heterocycles. The summed E-state index contributed by atoms with van der Waals surface area (Å²) in [6.45, 7) is 1.26. The Labute approximate surface area is 200 Å². The molecular formula is C25H25F3N4O3. The number of carbonyl (C=O) groups is 1. The lowest BCUT2D eigenvalue weighted by molar-refractivity contribution is -0.137. The van der Waals surface area contributed by atoms with Crippen molar-refractivity contribution in [1.29, 1.82) is 0 Å². The average molecular weight is 486 g/mol. The Balaban J connectivity index is 1.37. The SMILES string of the molecule is O=C(N1CC(O)C1)N1CC(c2ccc(C(F)(F)F)cc2)CC(c2nc(Cc3ccccc3)no2)C1. The smallest absolute Gasteiger partial charge is 0.389 e. The minimum atomic E-state index is -4.41. The first-order chi connectivity index (χ1) is 16.8. The molecule has 184 valence electrons. The number of piperidine rings is 1. The van der Waals surface area contributed by atoms with Crippen molar-refractivity contribution in [3.8, 4) is 0 Å². The number of likely N-dealkylation sites (tertiary alicyclic amines) is 2. The summed E-state index contributed by atoms with van der Waals surface area (Å²) in [4.78, 5) is 20.8. The van der Waals surface area contributed by atoms with E-state index in [4.69, 9.17) is 4.52 Å². The van der Waals surface area contributed by atoms with E-state index in [0.717, 1.165) is 17.7 Å². The number of β-amino-alcohol motifs (C(OH)–C–C–N with tert-alkyl or cyclic N) is 1. The number of benzene rings is 2. The van der Waals surface area contributed by atoms with Gasteiger partial charge in [0, 0.05) is 25.4 Å². The standard InChI is InChI=1S/C25H25F3N4O3/c26-25(27,28)20-8-6-17(7-9-20)18-11-19(13-31(12-18)24(34)32-14-21(33)15-32)23-29-22(30-35-23)10-16-4-2-1-3-5-16/h1-9,18-19,21,33H,10-15H2. The molecule has 35 heavy (non-hydrogen) atoms. The Morgan fingerprint density at radius 2 is 1.63 bits per heavy atom. The Morgan fingerprint density at radius 3 is 2.29 bits per heavy atom. The summed E-state index contributed by atoms with van der Waals surface area (Å²) in [6, 6.07) is 14.6. The maximum Gasteiger partial charge on any atom is 0.416 e. The fraction of sp³-hybridized carbons (Fsp3) is 0.400. The highest BCUT2D eigenvalue weighted by molar-refractivity contribution is 5.75. The number of amides is 2. The van der Waals surface area contributed by atoms with Gasteiger partial charge >= 0.3 is 12.2 Å². The van der Waals surface area contributed by atoms with Crippen LogP contribution in [0.1, 0.15) is 46.7 Å². The number of urea groups is 1. The molecular weight excluding hydrogens is 461 g/mol. The van der Waals surface area contributed by atoms with E-state index in [0.29, 0.717) is 43.2 Å². The molecule has 1 aromatic heterocycles. The van der Waals surface area contributed by atoms with Gasteiger partial charge in [-0.25, -0.2) is 4.79 Å². The molecule has 2 unspecified atom stereocenters. The number of aliphatic hydroxyl groups excluding tert-OH is 1. The molecule has 3 aromatic rings. The van der Waals surface area contributed by atoms with Crippen LogP contribution in [0.25, 0.3) is 0 Å². The van der Waals surface area contributed by atoms with Crippen LogP contribution >= 0.6 is 0 Å². The van der Waals surface area contributed by atoms with Gasteiger partial charge in [-0.3, -0.25) is 0 Å². The fourth-order valence-electron chi connectivity index (χ4n) is 4.72. The van der Waals surface area contributed by atoms with Crippen LogP contribution in [0, 0.1) is 0 Å². The van der Waals surface area contributed by atoms with E-state index in [2.05, 4.69) is 10.1 Å². The quantitative estimate of drug-likeness (QED) is 0.602. The Kier molecular flexibility index (Phi) is 6.22. The third kappa shape index (κ3) is 5.17. The lowest BCUT2D eigenvalue weighted by Crippen LogP contribution is -2.59.